The van der Waals surface area contributed by atoms with Crippen molar-refractivity contribution >= 4 is 32.7 Å². The quantitative estimate of drug-likeness (QED) is 0.303. The molecule has 0 unspecified atom stereocenters. The van der Waals surface area contributed by atoms with Gasteiger partial charge in [0.25, 0.3) is 0 Å². The smallest absolute Gasteiger partial charge is 1.00 e. The molecule has 2 aliphatic rings. The first kappa shape index (κ1) is 24.0. The summed E-state index contributed by atoms with van der Waals surface area (Å²) in [5.74, 6) is 0. The maximum Gasteiger partial charge on any atom is -1.00 e. The molecule has 0 nitrogen and oxygen atoms in total. The first-order valence-electron chi connectivity index (χ1n) is 10.9. The first-order valence-corrected chi connectivity index (χ1v) is 14.5. The van der Waals surface area contributed by atoms with Crippen molar-refractivity contribution in [1.82, 2.24) is 0 Å². The topological polar surface area (TPSA) is 0 Å². The van der Waals surface area contributed by atoms with Crippen LogP contribution in [0.4, 0.5) is 0 Å². The van der Waals surface area contributed by atoms with Gasteiger partial charge in [-0.2, -0.15) is 0 Å². The summed E-state index contributed by atoms with van der Waals surface area (Å²) >= 11 is -1.10. The van der Waals surface area contributed by atoms with Gasteiger partial charge in [-0.05, 0) is 0 Å². The van der Waals surface area contributed by atoms with Crippen LogP contribution >= 0.6 is 0 Å². The number of fused-ring (bicyclic) bond motifs is 2. The summed E-state index contributed by atoms with van der Waals surface area (Å²) < 4.78 is 3.46. The van der Waals surface area contributed by atoms with E-state index in [0.717, 1.165) is 12.8 Å². The Hall–Kier alpha value is -2.19. The van der Waals surface area contributed by atoms with Crippen LogP contribution in [-0.4, -0.2) is 0 Å². The number of benzene rings is 4. The van der Waals surface area contributed by atoms with Gasteiger partial charge < -0.3 is 24.8 Å². The Bertz CT molecular complexity index is 1350. The number of halogens is 2. The van der Waals surface area contributed by atoms with Gasteiger partial charge in [0.1, 0.15) is 0 Å². The van der Waals surface area contributed by atoms with Gasteiger partial charge >= 0.3 is 195 Å². The molecule has 0 spiro atoms. The van der Waals surface area contributed by atoms with Crippen molar-refractivity contribution in [3.05, 3.63) is 127 Å². The van der Waals surface area contributed by atoms with Crippen LogP contribution in [0.1, 0.15) is 24.0 Å². The molecule has 0 aliphatic heterocycles. The van der Waals surface area contributed by atoms with Crippen molar-refractivity contribution in [2.45, 2.75) is 12.8 Å². The maximum absolute atomic E-state index is 2.37. The maximum atomic E-state index is 2.37. The summed E-state index contributed by atoms with van der Waals surface area (Å²) in [5, 5.41) is 5.30. The van der Waals surface area contributed by atoms with Crippen LogP contribution in [0, 0.1) is 0 Å². The molecule has 4 aromatic rings. The zero-order chi connectivity index (χ0) is 20.6. The van der Waals surface area contributed by atoms with Crippen molar-refractivity contribution in [1.29, 1.82) is 0 Å². The molecule has 0 atom stereocenters. The van der Waals surface area contributed by atoms with Crippen molar-refractivity contribution in [2.24, 2.45) is 0 Å². The van der Waals surface area contributed by atoms with E-state index in [1.807, 2.05) is 0 Å². The van der Waals surface area contributed by atoms with E-state index in [9.17, 15) is 0 Å². The summed E-state index contributed by atoms with van der Waals surface area (Å²) in [6.07, 6.45) is 11.7. The van der Waals surface area contributed by atoms with E-state index in [-0.39, 0.29) is 24.8 Å². The predicted octanol–water partition coefficient (Wildman–Crippen LogP) is 2.13. The minimum Gasteiger partial charge on any atom is -1.00 e. The van der Waals surface area contributed by atoms with E-state index in [1.54, 1.807) is 6.66 Å². The number of allylic oxidation sites excluding steroid dienone is 8. The molecule has 3 heteroatoms. The van der Waals surface area contributed by atoms with Crippen molar-refractivity contribution in [2.75, 3.05) is 0 Å². The SMILES string of the molecule is C1=CC(c2ccc3ccccc3c2)=[C]([Hf+2][C]2=C(c3ccc4ccccc4c3)C=CC2)C1.[Cl-].[Cl-]. The second-order valence-electron chi connectivity index (χ2n) is 8.25. The number of rotatable bonds is 4. The molecular weight excluding hydrogens is 610 g/mol. The Morgan fingerprint density at radius 2 is 0.909 bits per heavy atom. The molecule has 0 saturated heterocycles. The molecule has 0 bridgehead atoms. The molecule has 0 amide bonds. The standard InChI is InChI=1S/2C15H11.2ClH.Hf/c2*1-2-6-12(5-1)15-10-9-13-7-3-4-8-14(13)11-15;;;/h2*1,3-5,7-11H,2H2;2*1H;/q;;;;+2/p-2. The second kappa shape index (κ2) is 10.4. The van der Waals surface area contributed by atoms with Crippen molar-refractivity contribution < 1.29 is 47.7 Å². The van der Waals surface area contributed by atoms with E-state index >= 15 is 0 Å². The molecule has 0 radical (unpaired) electrons. The number of hydrogen-bond donors (Lipinski definition) is 0. The van der Waals surface area contributed by atoms with Gasteiger partial charge in [-0.25, -0.2) is 0 Å². The molecule has 4 aromatic carbocycles. The Labute approximate surface area is 219 Å². The molecule has 0 aromatic heterocycles. The van der Waals surface area contributed by atoms with E-state index in [2.05, 4.69) is 109 Å². The summed E-state index contributed by atoms with van der Waals surface area (Å²) in [7, 11) is 0. The molecule has 2 aliphatic carbocycles. The summed E-state index contributed by atoms with van der Waals surface area (Å²) in [6.45, 7) is 0. The minimum atomic E-state index is -1.10. The summed E-state index contributed by atoms with van der Waals surface area (Å²) in [6, 6.07) is 31.2. The third kappa shape index (κ3) is 4.73. The third-order valence-corrected chi connectivity index (χ3v) is 11.9. The first-order chi connectivity index (χ1) is 15.3. The fourth-order valence-corrected chi connectivity index (χ4v) is 10.2. The Morgan fingerprint density at radius 3 is 1.36 bits per heavy atom. The Morgan fingerprint density at radius 1 is 0.485 bits per heavy atom. The monoisotopic (exact) mass is 632 g/mol. The van der Waals surface area contributed by atoms with Crippen LogP contribution in [0.25, 0.3) is 32.7 Å². The average Bonchev–Trinajstić information content (AvgIpc) is 3.48. The molecule has 0 N–H and O–H groups in total. The molecular formula is C30H22Cl2Hf. The fraction of sp³-hybridized carbons (Fsp3) is 0.0667. The van der Waals surface area contributed by atoms with Gasteiger partial charge in [-0.3, -0.25) is 0 Å². The van der Waals surface area contributed by atoms with Crippen molar-refractivity contribution in [3.8, 4) is 0 Å². The van der Waals surface area contributed by atoms with Crippen LogP contribution < -0.4 is 24.8 Å². The van der Waals surface area contributed by atoms with Gasteiger partial charge in [0.2, 0.25) is 0 Å². The Kier molecular flexibility index (Phi) is 7.54. The predicted molar refractivity (Wildman–Crippen MR) is 129 cm³/mol. The molecule has 0 heterocycles. The molecule has 160 valence electrons. The second-order valence-corrected chi connectivity index (χ2v) is 13.5. The van der Waals surface area contributed by atoms with Gasteiger partial charge in [0.05, 0.1) is 0 Å². The largest absolute Gasteiger partial charge is 1.00 e. The van der Waals surface area contributed by atoms with E-state index in [0.29, 0.717) is 0 Å². The molecule has 33 heavy (non-hydrogen) atoms. The van der Waals surface area contributed by atoms with Crippen molar-refractivity contribution in [3.63, 3.8) is 0 Å². The van der Waals surface area contributed by atoms with Gasteiger partial charge in [-0.1, -0.05) is 0 Å². The fourth-order valence-electron chi connectivity index (χ4n) is 4.68. The summed E-state index contributed by atoms with van der Waals surface area (Å²) in [4.78, 5) is 0. The normalized spacial score (nSPS) is 14.5. The zero-order valence-corrected chi connectivity index (χ0v) is 23.2. The van der Waals surface area contributed by atoms with Gasteiger partial charge in [0.15, 0.2) is 0 Å². The van der Waals surface area contributed by atoms with Gasteiger partial charge in [-0.15, -0.1) is 0 Å². The van der Waals surface area contributed by atoms with Crippen LogP contribution in [0.3, 0.4) is 0 Å². The van der Waals surface area contributed by atoms with E-state index < -0.39 is 22.9 Å². The average molecular weight is 632 g/mol. The summed E-state index contributed by atoms with van der Waals surface area (Å²) in [5.41, 5.74) is 5.75. The molecule has 0 saturated carbocycles. The number of hydrogen-bond acceptors (Lipinski definition) is 0. The van der Waals surface area contributed by atoms with Gasteiger partial charge in [0, 0.05) is 0 Å². The molecule has 6 rings (SSSR count). The van der Waals surface area contributed by atoms with Crippen LogP contribution in [-0.2, 0) is 22.9 Å². The third-order valence-electron chi connectivity index (χ3n) is 6.29. The minimum absolute atomic E-state index is 0. The van der Waals surface area contributed by atoms with Crippen LogP contribution in [0.2, 0.25) is 0 Å². The van der Waals surface area contributed by atoms with E-state index in [1.165, 1.54) is 43.8 Å². The van der Waals surface area contributed by atoms with Crippen LogP contribution in [0.5, 0.6) is 0 Å². The zero-order valence-electron chi connectivity index (χ0n) is 18.1. The Balaban J connectivity index is 0.00000130. The van der Waals surface area contributed by atoms with E-state index in [4.69, 9.17) is 0 Å². The molecule has 0 fully saturated rings. The van der Waals surface area contributed by atoms with Crippen LogP contribution in [0.15, 0.2) is 116 Å².